The molecule has 128 valence electrons. The van der Waals surface area contributed by atoms with Crippen LogP contribution in [-0.2, 0) is 0 Å². The maximum Gasteiger partial charge on any atom is 0.234 e. The van der Waals surface area contributed by atoms with Crippen LogP contribution >= 0.6 is 0 Å². The molecule has 27 heavy (non-hydrogen) atoms. The number of halogens is 1. The fourth-order valence-electron chi connectivity index (χ4n) is 3.86. The summed E-state index contributed by atoms with van der Waals surface area (Å²) in [5.74, 6) is -1.31. The van der Waals surface area contributed by atoms with E-state index >= 15 is 0 Å². The lowest BCUT2D eigenvalue weighted by molar-refractivity contribution is 0.0815. The zero-order chi connectivity index (χ0) is 18.5. The summed E-state index contributed by atoms with van der Waals surface area (Å²) in [5, 5.41) is 1.92. The fourth-order valence-corrected chi connectivity index (χ4v) is 3.86. The van der Waals surface area contributed by atoms with Gasteiger partial charge in [-0.25, -0.2) is 4.39 Å². The molecule has 5 rings (SSSR count). The first-order valence-corrected chi connectivity index (χ1v) is 8.65. The van der Waals surface area contributed by atoms with Crippen LogP contribution in [0.15, 0.2) is 78.9 Å². The Morgan fingerprint density at radius 1 is 0.556 bits per heavy atom. The molecule has 0 N–H and O–H groups in total. The average molecular weight is 352 g/mol. The summed E-state index contributed by atoms with van der Waals surface area (Å²) in [6, 6.07) is 22.9. The highest BCUT2D eigenvalue weighted by atomic mass is 19.1. The summed E-state index contributed by atoms with van der Waals surface area (Å²) < 4.78 is 13.4. The highest BCUT2D eigenvalue weighted by molar-refractivity contribution is 6.54. The third-order valence-electron chi connectivity index (χ3n) is 5.09. The lowest BCUT2D eigenvalue weighted by atomic mass is 9.78. The van der Waals surface area contributed by atoms with Gasteiger partial charge in [0, 0.05) is 22.3 Å². The molecule has 1 aliphatic rings. The van der Waals surface area contributed by atoms with Crippen molar-refractivity contribution >= 4 is 22.3 Å². The number of fused-ring (bicyclic) bond motifs is 5. The zero-order valence-corrected chi connectivity index (χ0v) is 14.2. The van der Waals surface area contributed by atoms with E-state index in [4.69, 9.17) is 0 Å². The average Bonchev–Trinajstić information content (AvgIpc) is 2.71. The lowest BCUT2D eigenvalue weighted by Crippen LogP contribution is -2.21. The van der Waals surface area contributed by atoms with E-state index in [9.17, 15) is 14.0 Å². The Balaban J connectivity index is 1.93. The Kier molecular flexibility index (Phi) is 3.31. The third-order valence-corrected chi connectivity index (χ3v) is 5.09. The predicted molar refractivity (Wildman–Crippen MR) is 103 cm³/mol. The first kappa shape index (κ1) is 15.6. The minimum Gasteiger partial charge on any atom is -0.285 e. The second-order valence-corrected chi connectivity index (χ2v) is 6.60. The van der Waals surface area contributed by atoms with Crippen LogP contribution in [0.4, 0.5) is 4.39 Å². The second kappa shape index (κ2) is 5.71. The van der Waals surface area contributed by atoms with Crippen LogP contribution < -0.4 is 0 Å². The van der Waals surface area contributed by atoms with Gasteiger partial charge in [0.1, 0.15) is 5.82 Å². The van der Waals surface area contributed by atoms with Crippen molar-refractivity contribution in [2.75, 3.05) is 0 Å². The van der Waals surface area contributed by atoms with Crippen molar-refractivity contribution in [3.63, 3.8) is 0 Å². The number of ketones is 2. The van der Waals surface area contributed by atoms with E-state index in [0.717, 1.165) is 33.0 Å². The summed E-state index contributed by atoms with van der Waals surface area (Å²) in [6.45, 7) is 0. The molecule has 0 saturated carbocycles. The third kappa shape index (κ3) is 2.25. The molecule has 3 heteroatoms. The van der Waals surface area contributed by atoms with E-state index in [2.05, 4.69) is 0 Å². The SMILES string of the molecule is O=C1C(=O)c2ccc3ccccc3c2-c2c1cccc2-c1ccc(F)cc1. The van der Waals surface area contributed by atoms with Gasteiger partial charge in [-0.15, -0.1) is 0 Å². The van der Waals surface area contributed by atoms with E-state index in [1.807, 2.05) is 36.4 Å². The van der Waals surface area contributed by atoms with Gasteiger partial charge in [0.25, 0.3) is 0 Å². The van der Waals surface area contributed by atoms with E-state index in [1.54, 1.807) is 30.3 Å². The van der Waals surface area contributed by atoms with Crippen molar-refractivity contribution in [2.24, 2.45) is 0 Å². The van der Waals surface area contributed by atoms with Crippen LogP contribution in [0, 0.1) is 5.82 Å². The lowest BCUT2D eigenvalue weighted by Gasteiger charge is -2.23. The van der Waals surface area contributed by atoms with Crippen molar-refractivity contribution in [1.82, 2.24) is 0 Å². The van der Waals surface area contributed by atoms with Gasteiger partial charge in [-0.1, -0.05) is 60.7 Å². The van der Waals surface area contributed by atoms with E-state index in [1.165, 1.54) is 12.1 Å². The van der Waals surface area contributed by atoms with Gasteiger partial charge in [-0.05, 0) is 40.1 Å². The van der Waals surface area contributed by atoms with Gasteiger partial charge < -0.3 is 0 Å². The van der Waals surface area contributed by atoms with Crippen molar-refractivity contribution in [1.29, 1.82) is 0 Å². The minimum atomic E-state index is -0.503. The number of benzene rings is 4. The van der Waals surface area contributed by atoms with Gasteiger partial charge >= 0.3 is 0 Å². The normalized spacial score (nSPS) is 12.8. The maximum absolute atomic E-state index is 13.4. The number of carbonyl (C=O) groups is 2. The molecule has 0 unspecified atom stereocenters. The molecule has 0 fully saturated rings. The standard InChI is InChI=1S/C24H13FO2/c25-16-11-8-15(9-12-16)18-6-3-7-19-21(18)22-17-5-2-1-4-14(17)10-13-20(22)24(27)23(19)26/h1-13H. The quantitative estimate of drug-likeness (QED) is 0.412. The molecule has 0 aliphatic heterocycles. The number of carbonyl (C=O) groups excluding carboxylic acids is 2. The second-order valence-electron chi connectivity index (χ2n) is 6.60. The summed E-state index contributed by atoms with van der Waals surface area (Å²) in [6.07, 6.45) is 0. The molecule has 0 atom stereocenters. The van der Waals surface area contributed by atoms with Crippen LogP contribution in [0.25, 0.3) is 33.0 Å². The van der Waals surface area contributed by atoms with Gasteiger partial charge in [0.05, 0.1) is 0 Å². The molecule has 0 aromatic heterocycles. The molecule has 1 aliphatic carbocycles. The van der Waals surface area contributed by atoms with Gasteiger partial charge in [0.2, 0.25) is 11.6 Å². The van der Waals surface area contributed by atoms with Crippen molar-refractivity contribution in [3.8, 4) is 22.3 Å². The number of hydrogen-bond acceptors (Lipinski definition) is 2. The Hall–Kier alpha value is -3.59. The van der Waals surface area contributed by atoms with Gasteiger partial charge in [-0.3, -0.25) is 9.59 Å². The van der Waals surface area contributed by atoms with Crippen LogP contribution in [0.1, 0.15) is 20.7 Å². The highest BCUT2D eigenvalue weighted by Crippen LogP contribution is 2.43. The summed E-state index contributed by atoms with van der Waals surface area (Å²) in [7, 11) is 0. The Bertz CT molecular complexity index is 1250. The Morgan fingerprint density at radius 3 is 2.00 bits per heavy atom. The minimum absolute atomic E-state index is 0.319. The number of Topliss-reactive ketones (excluding diaryl/α,β-unsaturated/α-hetero) is 2. The zero-order valence-electron chi connectivity index (χ0n) is 14.2. The highest BCUT2D eigenvalue weighted by Gasteiger charge is 2.33. The Morgan fingerprint density at radius 2 is 1.22 bits per heavy atom. The first-order chi connectivity index (χ1) is 13.1. The fraction of sp³-hybridized carbons (Fsp3) is 0. The Labute approximate surface area is 154 Å². The van der Waals surface area contributed by atoms with Crippen molar-refractivity contribution in [2.45, 2.75) is 0 Å². The molecule has 0 radical (unpaired) electrons. The molecule has 0 spiro atoms. The molecule has 0 heterocycles. The molecular formula is C24H13FO2. The van der Waals surface area contributed by atoms with Crippen LogP contribution in [0.5, 0.6) is 0 Å². The molecule has 0 bridgehead atoms. The smallest absolute Gasteiger partial charge is 0.234 e. The topological polar surface area (TPSA) is 34.1 Å². The van der Waals surface area contributed by atoms with E-state index in [-0.39, 0.29) is 5.82 Å². The summed E-state index contributed by atoms with van der Waals surface area (Å²) >= 11 is 0. The predicted octanol–water partition coefficient (Wildman–Crippen LogP) is 5.69. The summed E-state index contributed by atoms with van der Waals surface area (Å²) in [5.41, 5.74) is 3.93. The largest absolute Gasteiger partial charge is 0.285 e. The van der Waals surface area contributed by atoms with Crippen LogP contribution in [0.3, 0.4) is 0 Å². The molecular weight excluding hydrogens is 339 g/mol. The molecule has 0 saturated heterocycles. The number of hydrogen-bond donors (Lipinski definition) is 0. The maximum atomic E-state index is 13.4. The first-order valence-electron chi connectivity index (χ1n) is 8.65. The van der Waals surface area contributed by atoms with E-state index in [0.29, 0.717) is 11.1 Å². The molecule has 4 aromatic carbocycles. The summed E-state index contributed by atoms with van der Waals surface area (Å²) in [4.78, 5) is 25.5. The van der Waals surface area contributed by atoms with Crippen LogP contribution in [-0.4, -0.2) is 11.6 Å². The van der Waals surface area contributed by atoms with Crippen molar-refractivity contribution < 1.29 is 14.0 Å². The van der Waals surface area contributed by atoms with E-state index < -0.39 is 11.6 Å². The molecule has 0 amide bonds. The molecule has 4 aromatic rings. The molecule has 2 nitrogen and oxygen atoms in total. The van der Waals surface area contributed by atoms with Gasteiger partial charge in [0.15, 0.2) is 0 Å². The van der Waals surface area contributed by atoms with Crippen LogP contribution in [0.2, 0.25) is 0 Å². The van der Waals surface area contributed by atoms with Crippen molar-refractivity contribution in [3.05, 3.63) is 95.8 Å². The monoisotopic (exact) mass is 352 g/mol. The van der Waals surface area contributed by atoms with Gasteiger partial charge in [-0.2, -0.15) is 0 Å². The number of rotatable bonds is 1.